The van der Waals surface area contributed by atoms with Crippen LogP contribution in [-0.2, 0) is 4.79 Å². The molecule has 0 unspecified atom stereocenters. The fourth-order valence-corrected chi connectivity index (χ4v) is 1.82. The van der Waals surface area contributed by atoms with E-state index in [4.69, 9.17) is 0 Å². The van der Waals surface area contributed by atoms with E-state index in [1.807, 2.05) is 7.05 Å². The third-order valence-electron chi connectivity index (χ3n) is 3.22. The number of hydrogen-bond donors (Lipinski definition) is 2. The molecule has 0 radical (unpaired) electrons. The van der Waals surface area contributed by atoms with Crippen LogP contribution in [-0.4, -0.2) is 43.5 Å². The van der Waals surface area contributed by atoms with Crippen molar-refractivity contribution in [3.63, 3.8) is 0 Å². The number of anilines is 1. The molecule has 1 aliphatic rings. The molecule has 1 fully saturated rings. The first kappa shape index (κ1) is 15.9. The topological polar surface area (TPSA) is 44.4 Å². The minimum Gasteiger partial charge on any atom is -0.324 e. The number of likely N-dealkylation sites (N-methyl/N-ethyl adjacent to an activating group) is 1. The van der Waals surface area contributed by atoms with Gasteiger partial charge in [0, 0.05) is 32.1 Å². The molecule has 6 heteroatoms. The molecule has 1 amide bonds. The maximum absolute atomic E-state index is 13.3. The van der Waals surface area contributed by atoms with Gasteiger partial charge < -0.3 is 15.5 Å². The van der Waals surface area contributed by atoms with Gasteiger partial charge in [-0.3, -0.25) is 4.79 Å². The van der Waals surface area contributed by atoms with Crippen molar-refractivity contribution in [2.45, 2.75) is 12.5 Å². The Kier molecular flexibility index (Phi) is 6.21. The Labute approximate surface area is 118 Å². The van der Waals surface area contributed by atoms with Crippen LogP contribution >= 0.6 is 12.4 Å². The molecule has 0 spiro atoms. The summed E-state index contributed by atoms with van der Waals surface area (Å²) in [5.74, 6) is -0.554. The highest BCUT2D eigenvalue weighted by molar-refractivity contribution is 5.90. The molecule has 0 aromatic heterocycles. The predicted octanol–water partition coefficient (Wildman–Crippen LogP) is 1.48. The highest BCUT2D eigenvalue weighted by Crippen LogP contribution is 2.12. The lowest BCUT2D eigenvalue weighted by Crippen LogP contribution is -2.56. The van der Waals surface area contributed by atoms with Gasteiger partial charge in [0.1, 0.15) is 5.82 Å². The largest absolute Gasteiger partial charge is 0.324 e. The molecule has 0 atom stereocenters. The molecule has 1 heterocycles. The summed E-state index contributed by atoms with van der Waals surface area (Å²) in [5, 5.41) is 5.77. The van der Waals surface area contributed by atoms with Crippen molar-refractivity contribution in [1.29, 1.82) is 0 Å². The van der Waals surface area contributed by atoms with Crippen LogP contribution < -0.4 is 10.6 Å². The number of amides is 1. The number of halogens is 2. The van der Waals surface area contributed by atoms with Crippen LogP contribution in [0.15, 0.2) is 24.3 Å². The Morgan fingerprint density at radius 3 is 2.74 bits per heavy atom. The monoisotopic (exact) mass is 287 g/mol. The molecule has 1 aromatic carbocycles. The number of carbonyl (C=O) groups is 1. The van der Waals surface area contributed by atoms with Gasteiger partial charge >= 0.3 is 0 Å². The Morgan fingerprint density at radius 1 is 1.47 bits per heavy atom. The van der Waals surface area contributed by atoms with Gasteiger partial charge in [0.2, 0.25) is 5.91 Å². The average molecular weight is 288 g/mol. The van der Waals surface area contributed by atoms with Crippen LogP contribution in [0.2, 0.25) is 0 Å². The average Bonchev–Trinajstić information content (AvgIpc) is 2.27. The van der Waals surface area contributed by atoms with Gasteiger partial charge in [-0.25, -0.2) is 4.39 Å². The lowest BCUT2D eigenvalue weighted by molar-refractivity contribution is -0.116. The molecular formula is C13H19ClFN3O. The first-order valence-electron chi connectivity index (χ1n) is 6.12. The number of nitrogens with zero attached hydrogens (tertiary/aromatic N) is 1. The standard InChI is InChI=1S/C13H18FN3O.ClH/c1-17(10-8-15-9-10)7-6-13(18)16-12-5-3-2-4-11(12)14;/h2-5,10,15H,6-9H2,1H3,(H,16,18);1H. The van der Waals surface area contributed by atoms with E-state index < -0.39 is 5.82 Å². The van der Waals surface area contributed by atoms with Crippen LogP contribution in [0, 0.1) is 5.82 Å². The zero-order valence-corrected chi connectivity index (χ0v) is 11.7. The highest BCUT2D eigenvalue weighted by Gasteiger charge is 2.21. The van der Waals surface area contributed by atoms with Crippen LogP contribution in [0.5, 0.6) is 0 Å². The zero-order chi connectivity index (χ0) is 13.0. The second-order valence-electron chi connectivity index (χ2n) is 4.57. The maximum atomic E-state index is 13.3. The molecule has 106 valence electrons. The number of carbonyl (C=O) groups excluding carboxylic acids is 1. The summed E-state index contributed by atoms with van der Waals surface area (Å²) in [6, 6.07) is 6.72. The van der Waals surface area contributed by atoms with Crippen molar-refractivity contribution in [2.75, 3.05) is 32.0 Å². The lowest BCUT2D eigenvalue weighted by Gasteiger charge is -2.35. The Balaban J connectivity index is 0.00000180. The smallest absolute Gasteiger partial charge is 0.225 e. The Morgan fingerprint density at radius 2 is 2.16 bits per heavy atom. The summed E-state index contributed by atoms with van der Waals surface area (Å²) in [4.78, 5) is 13.8. The molecule has 4 nitrogen and oxygen atoms in total. The van der Waals surface area contributed by atoms with E-state index in [1.165, 1.54) is 6.07 Å². The fraction of sp³-hybridized carbons (Fsp3) is 0.462. The molecule has 19 heavy (non-hydrogen) atoms. The predicted molar refractivity (Wildman–Crippen MR) is 76.2 cm³/mol. The molecule has 2 rings (SSSR count). The number of nitrogens with one attached hydrogen (secondary N) is 2. The first-order valence-corrected chi connectivity index (χ1v) is 6.12. The number of hydrogen-bond acceptors (Lipinski definition) is 3. The molecule has 1 aromatic rings. The summed E-state index contributed by atoms with van der Waals surface area (Å²) in [5.41, 5.74) is 0.246. The lowest BCUT2D eigenvalue weighted by atomic mass is 10.1. The molecule has 0 bridgehead atoms. The van der Waals surface area contributed by atoms with Gasteiger partial charge in [0.05, 0.1) is 5.69 Å². The van der Waals surface area contributed by atoms with E-state index in [0.717, 1.165) is 13.1 Å². The second-order valence-corrected chi connectivity index (χ2v) is 4.57. The third kappa shape index (κ3) is 4.45. The number of para-hydroxylation sites is 1. The van der Waals surface area contributed by atoms with E-state index in [1.54, 1.807) is 18.2 Å². The zero-order valence-electron chi connectivity index (χ0n) is 10.9. The SMILES string of the molecule is CN(CCC(=O)Nc1ccccc1F)C1CNC1.Cl. The Hall–Kier alpha value is -1.17. The first-order chi connectivity index (χ1) is 8.66. The van der Waals surface area contributed by atoms with Crippen molar-refractivity contribution in [2.24, 2.45) is 0 Å². The summed E-state index contributed by atoms with van der Waals surface area (Å²) in [6.45, 7) is 2.64. The number of rotatable bonds is 5. The normalized spacial score (nSPS) is 14.7. The maximum Gasteiger partial charge on any atom is 0.225 e. The minimum absolute atomic E-state index is 0. The molecular weight excluding hydrogens is 269 g/mol. The quantitative estimate of drug-likeness (QED) is 0.862. The molecule has 1 aliphatic heterocycles. The van der Waals surface area contributed by atoms with E-state index >= 15 is 0 Å². The van der Waals surface area contributed by atoms with Crippen LogP contribution in [0.4, 0.5) is 10.1 Å². The van der Waals surface area contributed by atoms with Crippen molar-refractivity contribution in [1.82, 2.24) is 10.2 Å². The van der Waals surface area contributed by atoms with Gasteiger partial charge in [-0.15, -0.1) is 12.4 Å². The molecule has 2 N–H and O–H groups in total. The van der Waals surface area contributed by atoms with Crippen LogP contribution in [0.3, 0.4) is 0 Å². The minimum atomic E-state index is -0.401. The fourth-order valence-electron chi connectivity index (χ4n) is 1.82. The van der Waals surface area contributed by atoms with Crippen molar-refractivity contribution in [3.8, 4) is 0 Å². The van der Waals surface area contributed by atoms with E-state index in [0.29, 0.717) is 19.0 Å². The molecule has 0 aliphatic carbocycles. The van der Waals surface area contributed by atoms with E-state index in [-0.39, 0.29) is 24.0 Å². The van der Waals surface area contributed by atoms with E-state index in [2.05, 4.69) is 15.5 Å². The Bertz CT molecular complexity index is 426. The third-order valence-corrected chi connectivity index (χ3v) is 3.22. The number of benzene rings is 1. The summed E-state index contributed by atoms with van der Waals surface area (Å²) < 4.78 is 13.3. The summed E-state index contributed by atoms with van der Waals surface area (Å²) in [7, 11) is 2.00. The summed E-state index contributed by atoms with van der Waals surface area (Å²) >= 11 is 0. The van der Waals surface area contributed by atoms with Gasteiger partial charge in [0.25, 0.3) is 0 Å². The highest BCUT2D eigenvalue weighted by atomic mass is 35.5. The van der Waals surface area contributed by atoms with Crippen molar-refractivity contribution < 1.29 is 9.18 Å². The van der Waals surface area contributed by atoms with Crippen LogP contribution in [0.1, 0.15) is 6.42 Å². The van der Waals surface area contributed by atoms with E-state index in [9.17, 15) is 9.18 Å². The molecule has 0 saturated carbocycles. The van der Waals surface area contributed by atoms with Gasteiger partial charge in [-0.2, -0.15) is 0 Å². The summed E-state index contributed by atoms with van der Waals surface area (Å²) in [6.07, 6.45) is 0.376. The van der Waals surface area contributed by atoms with Gasteiger partial charge in [0.15, 0.2) is 0 Å². The second kappa shape index (κ2) is 7.43. The molecule has 1 saturated heterocycles. The van der Waals surface area contributed by atoms with Gasteiger partial charge in [-0.1, -0.05) is 12.1 Å². The van der Waals surface area contributed by atoms with Gasteiger partial charge in [-0.05, 0) is 19.2 Å². The van der Waals surface area contributed by atoms with Crippen molar-refractivity contribution >= 4 is 24.0 Å². The van der Waals surface area contributed by atoms with Crippen LogP contribution in [0.25, 0.3) is 0 Å². The van der Waals surface area contributed by atoms with Crippen molar-refractivity contribution in [3.05, 3.63) is 30.1 Å².